The number of carbonyl (C=O) groups is 2. The minimum atomic E-state index is -3.34. The van der Waals surface area contributed by atoms with Crippen molar-refractivity contribution >= 4 is 39.9 Å². The van der Waals surface area contributed by atoms with Crippen molar-refractivity contribution in [3.8, 4) is 0 Å². The molecule has 1 aliphatic rings. The van der Waals surface area contributed by atoms with Gasteiger partial charge in [0.15, 0.2) is 0 Å². The summed E-state index contributed by atoms with van der Waals surface area (Å²) in [5.74, 6) is -1.21. The number of carboxylic acid groups (broad SMARTS) is 1. The van der Waals surface area contributed by atoms with Gasteiger partial charge in [-0.2, -0.15) is 4.31 Å². The largest absolute Gasteiger partial charge is 0.481 e. The van der Waals surface area contributed by atoms with Crippen molar-refractivity contribution in [3.05, 3.63) is 94.1 Å². The Morgan fingerprint density at radius 1 is 1.10 bits per heavy atom. The molecule has 3 aromatic carbocycles. The maximum absolute atomic E-state index is 12.0. The lowest BCUT2D eigenvalue weighted by molar-refractivity contribution is -0.137. The van der Waals surface area contributed by atoms with Crippen molar-refractivity contribution in [1.82, 2.24) is 24.6 Å². The number of alkyl carbamates (subject to hydrolysis) is 1. The number of fused-ring (bicyclic) bond motifs is 2. The van der Waals surface area contributed by atoms with Gasteiger partial charge in [-0.15, -0.1) is 15.9 Å². The molecule has 48 heavy (non-hydrogen) atoms. The first-order valence-corrected chi connectivity index (χ1v) is 17.5. The van der Waals surface area contributed by atoms with Crippen molar-refractivity contribution in [1.29, 1.82) is 0 Å². The minimum absolute atomic E-state index is 0.106. The van der Waals surface area contributed by atoms with Crippen LogP contribution >= 0.6 is 10.8 Å². The van der Waals surface area contributed by atoms with Crippen molar-refractivity contribution in [2.75, 3.05) is 13.1 Å². The average Bonchev–Trinajstić information content (AvgIpc) is 3.33. The fourth-order valence-electron chi connectivity index (χ4n) is 6.11. The second kappa shape index (κ2) is 14.1. The molecule has 1 aromatic heterocycles. The molecule has 0 aliphatic carbocycles. The highest BCUT2D eigenvalue weighted by Gasteiger charge is 2.33. The van der Waals surface area contributed by atoms with Gasteiger partial charge in [0.05, 0.1) is 16.8 Å². The Bertz CT molecular complexity index is 1850. The molecule has 12 heteroatoms. The first kappa shape index (κ1) is 35.1. The molecule has 0 saturated carbocycles. The lowest BCUT2D eigenvalue weighted by Crippen LogP contribution is -2.32. The zero-order valence-corrected chi connectivity index (χ0v) is 29.1. The Kier molecular flexibility index (Phi) is 10.3. The van der Waals surface area contributed by atoms with E-state index in [2.05, 4.69) is 22.6 Å². The first-order valence-electron chi connectivity index (χ1n) is 16.0. The highest BCUT2D eigenvalue weighted by Crippen LogP contribution is 2.56. The van der Waals surface area contributed by atoms with Crippen LogP contribution in [0.3, 0.4) is 0 Å². The third-order valence-corrected chi connectivity index (χ3v) is 10.4. The average molecular weight is 676 g/mol. The van der Waals surface area contributed by atoms with E-state index < -0.39 is 34.4 Å². The number of aryl methyl sites for hydroxylation is 2. The van der Waals surface area contributed by atoms with Gasteiger partial charge >= 0.3 is 12.1 Å². The van der Waals surface area contributed by atoms with Crippen LogP contribution in [0.25, 0.3) is 17.1 Å². The summed E-state index contributed by atoms with van der Waals surface area (Å²) < 4.78 is 32.2. The fraction of sp³-hybridized carbons (Fsp3) is 0.389. The smallest absolute Gasteiger partial charge is 0.407 e. The summed E-state index contributed by atoms with van der Waals surface area (Å²) in [4.78, 5) is 24.5. The number of hydrogen-bond donors (Lipinski definition) is 4. The fourth-order valence-corrected chi connectivity index (χ4v) is 7.92. The topological polar surface area (TPSA) is 150 Å². The molecule has 11 nitrogen and oxygen atoms in total. The van der Waals surface area contributed by atoms with Crippen LogP contribution in [-0.4, -0.2) is 64.3 Å². The number of ether oxygens (including phenoxy) is 1. The number of carboxylic acids is 1. The van der Waals surface area contributed by atoms with E-state index in [-0.39, 0.29) is 18.9 Å². The van der Waals surface area contributed by atoms with E-state index in [0.717, 1.165) is 38.9 Å². The number of amides is 1. The van der Waals surface area contributed by atoms with Gasteiger partial charge in [-0.25, -0.2) is 9.48 Å². The summed E-state index contributed by atoms with van der Waals surface area (Å²) in [7, 11) is -1.53. The molecule has 1 amide bonds. The standard InChI is InChI=1S/C36H45N5O6S/c1-23-16-28-17-25(8-7-15-37-35(44)47-36(3,4)5)10-14-33(28)48(45,46)41(21-23)22-29-18-26(11-9-24(29)2)30(20-34(42)43)27-12-13-32-31(19-27)38-39-40(32)6/h7-14,17-19,23,30,45-46H,15-16,20-22H2,1-6H3,(H,37,44)(H,42,43). The molecule has 2 atom stereocenters. The van der Waals surface area contributed by atoms with Gasteiger partial charge < -0.3 is 15.2 Å². The van der Waals surface area contributed by atoms with Crippen LogP contribution in [0.15, 0.2) is 65.6 Å². The third kappa shape index (κ3) is 8.24. The second-order valence-corrected chi connectivity index (χ2v) is 15.6. The van der Waals surface area contributed by atoms with Crippen molar-refractivity contribution in [3.63, 3.8) is 0 Å². The number of aromatic nitrogens is 3. The molecule has 0 saturated heterocycles. The highest BCUT2D eigenvalue weighted by atomic mass is 32.3. The van der Waals surface area contributed by atoms with Crippen LogP contribution < -0.4 is 5.32 Å². The maximum atomic E-state index is 12.0. The molecule has 0 fully saturated rings. The van der Waals surface area contributed by atoms with Crippen molar-refractivity contribution < 1.29 is 28.5 Å². The Balaban J connectivity index is 1.38. The number of nitrogens with zero attached hydrogens (tertiary/aromatic N) is 4. The molecule has 2 heterocycles. The van der Waals surface area contributed by atoms with Gasteiger partial charge in [0, 0.05) is 32.6 Å². The van der Waals surface area contributed by atoms with E-state index in [1.807, 2.05) is 95.4 Å². The first-order chi connectivity index (χ1) is 22.6. The number of rotatable bonds is 9. The van der Waals surface area contributed by atoms with Gasteiger partial charge in [0.25, 0.3) is 0 Å². The van der Waals surface area contributed by atoms with Gasteiger partial charge in [-0.3, -0.25) is 13.9 Å². The van der Waals surface area contributed by atoms with Crippen molar-refractivity contribution in [2.45, 2.75) is 70.4 Å². The van der Waals surface area contributed by atoms with Crippen LogP contribution in [0.1, 0.15) is 73.4 Å². The third-order valence-electron chi connectivity index (χ3n) is 8.43. The number of aliphatic carboxylic acids is 1. The van der Waals surface area contributed by atoms with Gasteiger partial charge in [-0.05, 0) is 97.7 Å². The Hall–Kier alpha value is -4.23. The molecule has 0 bridgehead atoms. The maximum Gasteiger partial charge on any atom is 0.407 e. The Morgan fingerprint density at radius 2 is 1.83 bits per heavy atom. The Labute approximate surface area is 283 Å². The molecule has 4 N–H and O–H groups in total. The minimum Gasteiger partial charge on any atom is -0.481 e. The van der Waals surface area contributed by atoms with Gasteiger partial charge in [0.2, 0.25) is 0 Å². The van der Waals surface area contributed by atoms with Gasteiger partial charge in [-0.1, -0.05) is 54.6 Å². The predicted octanol–water partition coefficient (Wildman–Crippen LogP) is 7.14. The monoisotopic (exact) mass is 675 g/mol. The van der Waals surface area contributed by atoms with Crippen LogP contribution in [0.5, 0.6) is 0 Å². The molecule has 2 unspecified atom stereocenters. The highest BCUT2D eigenvalue weighted by molar-refractivity contribution is 8.22. The summed E-state index contributed by atoms with van der Waals surface area (Å²) >= 11 is 0. The summed E-state index contributed by atoms with van der Waals surface area (Å²) in [6.07, 6.45) is 3.80. The lowest BCUT2D eigenvalue weighted by Gasteiger charge is -2.43. The summed E-state index contributed by atoms with van der Waals surface area (Å²) in [5, 5.41) is 20.8. The molecule has 1 aliphatic heterocycles. The zero-order chi connectivity index (χ0) is 34.8. The quantitative estimate of drug-likeness (QED) is 0.145. The van der Waals surface area contributed by atoms with Crippen LogP contribution in [0.4, 0.5) is 4.79 Å². The number of carbonyl (C=O) groups excluding carboxylic acids is 1. The van der Waals surface area contributed by atoms with Crippen LogP contribution in [0, 0.1) is 12.8 Å². The molecule has 0 spiro atoms. The van der Waals surface area contributed by atoms with Crippen LogP contribution in [-0.2, 0) is 29.5 Å². The molecule has 5 rings (SSSR count). The molecule has 256 valence electrons. The van der Waals surface area contributed by atoms with E-state index in [4.69, 9.17) is 4.74 Å². The SMILES string of the molecule is Cc1ccc(C(CC(=O)O)c2ccc3c(c2)nnn3C)cc1CN1CC(C)Cc2cc(C=CCNC(=O)OC(C)(C)C)ccc2S1(O)O. The summed E-state index contributed by atoms with van der Waals surface area (Å²) in [6.45, 7) is 10.6. The van der Waals surface area contributed by atoms with E-state index in [1.165, 1.54) is 0 Å². The second-order valence-electron chi connectivity index (χ2n) is 13.6. The number of nitrogens with one attached hydrogen (secondary N) is 1. The van der Waals surface area contributed by atoms with Crippen LogP contribution in [0.2, 0.25) is 0 Å². The molecular weight excluding hydrogens is 630 g/mol. The van der Waals surface area contributed by atoms with E-state index >= 15 is 0 Å². The predicted molar refractivity (Wildman–Crippen MR) is 188 cm³/mol. The molecular formula is C36H45N5O6S. The number of benzene rings is 3. The summed E-state index contributed by atoms with van der Waals surface area (Å²) in [6, 6.07) is 17.2. The van der Waals surface area contributed by atoms with E-state index in [1.54, 1.807) is 15.1 Å². The Morgan fingerprint density at radius 3 is 2.56 bits per heavy atom. The van der Waals surface area contributed by atoms with E-state index in [9.17, 15) is 23.8 Å². The van der Waals surface area contributed by atoms with E-state index in [0.29, 0.717) is 29.9 Å². The normalized spacial score (nSPS) is 17.9. The number of hydrogen-bond acceptors (Lipinski definition) is 8. The van der Waals surface area contributed by atoms with Gasteiger partial charge in [0.1, 0.15) is 11.1 Å². The molecule has 0 radical (unpaired) electrons. The lowest BCUT2D eigenvalue weighted by atomic mass is 9.86. The zero-order valence-electron chi connectivity index (χ0n) is 28.3. The molecule has 4 aromatic rings. The van der Waals surface area contributed by atoms with Crippen molar-refractivity contribution in [2.24, 2.45) is 13.0 Å². The summed E-state index contributed by atoms with van der Waals surface area (Å²) in [5.41, 5.74) is 6.28.